The maximum Gasteiger partial charge on any atom is 0.223 e. The van der Waals surface area contributed by atoms with Crippen molar-refractivity contribution in [3.05, 3.63) is 0 Å². The fourth-order valence-corrected chi connectivity index (χ4v) is 2.67. The minimum absolute atomic E-state index is 0.0258. The standard InChI is InChI=1S/C13H21N3O2/c14-9-13(15)5-1-10(2-6-13)12(17)16-11-3-7-18-8-4-11/h10-11H,1-8,15H2,(H,16,17). The molecule has 3 N–H and O–H groups in total. The number of ether oxygens (including phenoxy) is 1. The third-order valence-electron chi connectivity index (χ3n) is 4.04. The van der Waals surface area contributed by atoms with Gasteiger partial charge in [-0.15, -0.1) is 0 Å². The van der Waals surface area contributed by atoms with Crippen molar-refractivity contribution < 1.29 is 9.53 Å². The van der Waals surface area contributed by atoms with Crippen LogP contribution in [0.15, 0.2) is 0 Å². The van der Waals surface area contributed by atoms with Gasteiger partial charge in [-0.2, -0.15) is 5.26 Å². The number of nitriles is 1. The van der Waals surface area contributed by atoms with E-state index in [2.05, 4.69) is 11.4 Å². The Bertz CT molecular complexity index is 337. The smallest absolute Gasteiger partial charge is 0.223 e. The van der Waals surface area contributed by atoms with Crippen molar-refractivity contribution in [2.24, 2.45) is 11.7 Å². The Morgan fingerprint density at radius 3 is 2.44 bits per heavy atom. The first kappa shape index (κ1) is 13.3. The molecule has 2 aliphatic rings. The average Bonchev–Trinajstić information content (AvgIpc) is 2.40. The Labute approximate surface area is 108 Å². The van der Waals surface area contributed by atoms with E-state index < -0.39 is 5.54 Å². The van der Waals surface area contributed by atoms with Crippen LogP contribution in [-0.4, -0.2) is 30.7 Å². The Morgan fingerprint density at radius 1 is 1.28 bits per heavy atom. The van der Waals surface area contributed by atoms with Gasteiger partial charge in [0.1, 0.15) is 5.54 Å². The lowest BCUT2D eigenvalue weighted by molar-refractivity contribution is -0.127. The quantitative estimate of drug-likeness (QED) is 0.756. The van der Waals surface area contributed by atoms with Gasteiger partial charge in [-0.1, -0.05) is 0 Å². The van der Waals surface area contributed by atoms with Crippen LogP contribution in [0, 0.1) is 17.2 Å². The molecule has 5 heteroatoms. The summed E-state index contributed by atoms with van der Waals surface area (Å²) in [4.78, 5) is 12.1. The van der Waals surface area contributed by atoms with E-state index >= 15 is 0 Å². The molecule has 0 aromatic heterocycles. The van der Waals surface area contributed by atoms with E-state index in [9.17, 15) is 4.79 Å². The van der Waals surface area contributed by atoms with Gasteiger partial charge in [0.25, 0.3) is 0 Å². The van der Waals surface area contributed by atoms with Gasteiger partial charge in [0.05, 0.1) is 6.07 Å². The molecule has 1 heterocycles. The van der Waals surface area contributed by atoms with Crippen LogP contribution < -0.4 is 11.1 Å². The van der Waals surface area contributed by atoms with Gasteiger partial charge in [-0.3, -0.25) is 4.79 Å². The number of nitrogens with one attached hydrogen (secondary N) is 1. The summed E-state index contributed by atoms with van der Waals surface area (Å²) in [5.74, 6) is 0.153. The predicted molar refractivity (Wildman–Crippen MR) is 66.5 cm³/mol. The number of nitrogens with two attached hydrogens (primary N) is 1. The van der Waals surface area contributed by atoms with Gasteiger partial charge >= 0.3 is 0 Å². The molecule has 0 unspecified atom stereocenters. The monoisotopic (exact) mass is 251 g/mol. The summed E-state index contributed by atoms with van der Waals surface area (Å²) in [6, 6.07) is 2.41. The summed E-state index contributed by atoms with van der Waals surface area (Å²) < 4.78 is 5.26. The molecule has 0 aromatic rings. The second kappa shape index (κ2) is 5.68. The largest absolute Gasteiger partial charge is 0.381 e. The normalized spacial score (nSPS) is 33.7. The van der Waals surface area contributed by atoms with Gasteiger partial charge in [-0.25, -0.2) is 0 Å². The van der Waals surface area contributed by atoms with Crippen LogP contribution in [0.5, 0.6) is 0 Å². The van der Waals surface area contributed by atoms with E-state index in [-0.39, 0.29) is 17.9 Å². The summed E-state index contributed by atoms with van der Waals surface area (Å²) in [5, 5.41) is 12.0. The molecule has 1 aliphatic carbocycles. The highest BCUT2D eigenvalue weighted by molar-refractivity contribution is 5.79. The van der Waals surface area contributed by atoms with E-state index in [1.165, 1.54) is 0 Å². The lowest BCUT2D eigenvalue weighted by atomic mass is 9.77. The zero-order valence-electron chi connectivity index (χ0n) is 10.7. The van der Waals surface area contributed by atoms with Crippen LogP contribution in [0.1, 0.15) is 38.5 Å². The molecule has 0 radical (unpaired) electrons. The number of amides is 1. The second-order valence-corrected chi connectivity index (χ2v) is 5.44. The van der Waals surface area contributed by atoms with Crippen LogP contribution in [0.3, 0.4) is 0 Å². The zero-order chi connectivity index (χ0) is 13.0. The summed E-state index contributed by atoms with van der Waals surface area (Å²) in [7, 11) is 0. The summed E-state index contributed by atoms with van der Waals surface area (Å²) in [6.45, 7) is 1.46. The molecule has 1 aliphatic heterocycles. The van der Waals surface area contributed by atoms with E-state index in [1.54, 1.807) is 0 Å². The molecular formula is C13H21N3O2. The van der Waals surface area contributed by atoms with Gasteiger partial charge < -0.3 is 15.8 Å². The van der Waals surface area contributed by atoms with Crippen molar-refractivity contribution >= 4 is 5.91 Å². The summed E-state index contributed by atoms with van der Waals surface area (Å²) in [6.07, 6.45) is 4.48. The predicted octanol–water partition coefficient (Wildman–Crippen LogP) is 0.693. The molecule has 0 aromatic carbocycles. The molecule has 100 valence electrons. The molecule has 2 fully saturated rings. The van der Waals surface area contributed by atoms with Crippen molar-refractivity contribution in [3.8, 4) is 6.07 Å². The Morgan fingerprint density at radius 2 is 1.89 bits per heavy atom. The Hall–Kier alpha value is -1.12. The Balaban J connectivity index is 1.79. The molecule has 18 heavy (non-hydrogen) atoms. The van der Waals surface area contributed by atoms with E-state index in [0.29, 0.717) is 12.8 Å². The second-order valence-electron chi connectivity index (χ2n) is 5.44. The van der Waals surface area contributed by atoms with Crippen LogP contribution >= 0.6 is 0 Å². The minimum Gasteiger partial charge on any atom is -0.381 e. The molecule has 1 amide bonds. The van der Waals surface area contributed by atoms with Gasteiger partial charge in [0, 0.05) is 25.2 Å². The number of hydrogen-bond acceptors (Lipinski definition) is 4. The fourth-order valence-electron chi connectivity index (χ4n) is 2.67. The van der Waals surface area contributed by atoms with Crippen molar-refractivity contribution in [3.63, 3.8) is 0 Å². The number of carbonyl (C=O) groups excluding carboxylic acids is 1. The number of rotatable bonds is 2. The van der Waals surface area contributed by atoms with Crippen LogP contribution in [-0.2, 0) is 9.53 Å². The van der Waals surface area contributed by atoms with Crippen molar-refractivity contribution in [2.75, 3.05) is 13.2 Å². The lowest BCUT2D eigenvalue weighted by Crippen LogP contribution is -2.47. The Kier molecular flexibility index (Phi) is 4.20. The topological polar surface area (TPSA) is 88.1 Å². The molecule has 0 atom stereocenters. The molecule has 0 spiro atoms. The average molecular weight is 251 g/mol. The van der Waals surface area contributed by atoms with Crippen molar-refractivity contribution in [1.29, 1.82) is 5.26 Å². The first-order valence-electron chi connectivity index (χ1n) is 6.71. The summed E-state index contributed by atoms with van der Waals surface area (Å²) >= 11 is 0. The third kappa shape index (κ3) is 3.21. The maximum atomic E-state index is 12.1. The fraction of sp³-hybridized carbons (Fsp3) is 0.846. The van der Waals surface area contributed by atoms with Crippen molar-refractivity contribution in [1.82, 2.24) is 5.32 Å². The van der Waals surface area contributed by atoms with Crippen LogP contribution in [0.25, 0.3) is 0 Å². The third-order valence-corrected chi connectivity index (χ3v) is 4.04. The first-order valence-corrected chi connectivity index (χ1v) is 6.71. The summed E-state index contributed by atoms with van der Waals surface area (Å²) in [5.41, 5.74) is 5.18. The maximum absolute atomic E-state index is 12.1. The minimum atomic E-state index is -0.713. The van der Waals surface area contributed by atoms with E-state index in [1.807, 2.05) is 0 Å². The van der Waals surface area contributed by atoms with Gasteiger partial charge in [0.15, 0.2) is 0 Å². The number of carbonyl (C=O) groups is 1. The lowest BCUT2D eigenvalue weighted by Gasteiger charge is -2.32. The number of hydrogen-bond donors (Lipinski definition) is 2. The van der Waals surface area contributed by atoms with E-state index in [4.69, 9.17) is 15.7 Å². The SMILES string of the molecule is N#CC1(N)CCC(C(=O)NC2CCOCC2)CC1. The molecule has 2 rings (SSSR count). The molecule has 5 nitrogen and oxygen atoms in total. The van der Waals surface area contributed by atoms with Crippen molar-refractivity contribution in [2.45, 2.75) is 50.1 Å². The van der Waals surface area contributed by atoms with E-state index in [0.717, 1.165) is 38.9 Å². The number of nitrogens with zero attached hydrogens (tertiary/aromatic N) is 1. The van der Waals surface area contributed by atoms with Gasteiger partial charge in [0.2, 0.25) is 5.91 Å². The highest BCUT2D eigenvalue weighted by Crippen LogP contribution is 2.30. The molecule has 1 saturated heterocycles. The molecular weight excluding hydrogens is 230 g/mol. The van der Waals surface area contributed by atoms with Crippen LogP contribution in [0.4, 0.5) is 0 Å². The first-order chi connectivity index (χ1) is 8.63. The molecule has 0 bridgehead atoms. The highest BCUT2D eigenvalue weighted by atomic mass is 16.5. The van der Waals surface area contributed by atoms with Gasteiger partial charge in [-0.05, 0) is 38.5 Å². The molecule has 1 saturated carbocycles. The highest BCUT2D eigenvalue weighted by Gasteiger charge is 2.35. The van der Waals surface area contributed by atoms with Crippen LogP contribution in [0.2, 0.25) is 0 Å². The zero-order valence-corrected chi connectivity index (χ0v) is 10.7.